The standard InChI is InChI=1S/C22H20ClN4O2/c1-12-10-18(22(29)21(12)28)25-19-8-9-24-20-11-17(26-27(19)20)15-6-7-16(23)14-5-3-2-4-13(14)15/h2-9,11-12,18,21-22,25,28-29H,1,10H2/t12-,18-,21-,22+/m1/s1. The third-order valence-electron chi connectivity index (χ3n) is 5.64. The molecule has 0 amide bonds. The molecule has 0 aliphatic heterocycles. The van der Waals surface area contributed by atoms with Crippen molar-refractivity contribution in [2.75, 3.05) is 5.32 Å². The van der Waals surface area contributed by atoms with Crippen LogP contribution >= 0.6 is 11.6 Å². The van der Waals surface area contributed by atoms with E-state index < -0.39 is 12.2 Å². The number of halogens is 1. The number of rotatable bonds is 3. The van der Waals surface area contributed by atoms with Crippen molar-refractivity contribution < 1.29 is 10.2 Å². The maximum atomic E-state index is 10.3. The highest BCUT2D eigenvalue weighted by atomic mass is 35.5. The minimum Gasteiger partial charge on any atom is -0.390 e. The van der Waals surface area contributed by atoms with E-state index in [-0.39, 0.29) is 12.0 Å². The molecule has 1 radical (unpaired) electrons. The van der Waals surface area contributed by atoms with Crippen molar-refractivity contribution in [2.45, 2.75) is 24.7 Å². The van der Waals surface area contributed by atoms with Gasteiger partial charge in [0.15, 0.2) is 5.65 Å². The Morgan fingerprint density at radius 2 is 1.86 bits per heavy atom. The van der Waals surface area contributed by atoms with Crippen LogP contribution in [0, 0.1) is 12.8 Å². The molecule has 1 aliphatic rings. The van der Waals surface area contributed by atoms with Crippen molar-refractivity contribution in [2.24, 2.45) is 5.92 Å². The summed E-state index contributed by atoms with van der Waals surface area (Å²) in [6, 6.07) is 15.2. The molecule has 4 aromatic rings. The van der Waals surface area contributed by atoms with Crippen LogP contribution in [0.2, 0.25) is 5.02 Å². The number of hydrogen-bond acceptors (Lipinski definition) is 5. The Kier molecular flexibility index (Phi) is 4.42. The van der Waals surface area contributed by atoms with Crippen LogP contribution in [0.4, 0.5) is 5.82 Å². The Labute approximate surface area is 172 Å². The second kappa shape index (κ2) is 6.99. The number of hydrogen-bond donors (Lipinski definition) is 3. The third-order valence-corrected chi connectivity index (χ3v) is 5.97. The SMILES string of the molecule is [CH2][C@@H]1C[C@@H](Nc2ccnc3cc(-c4ccc(Cl)c5ccccc45)nn23)[C@H](O)[C@@H]1O. The van der Waals surface area contributed by atoms with Crippen LogP contribution in [0.15, 0.2) is 54.7 Å². The molecule has 147 valence electrons. The van der Waals surface area contributed by atoms with Gasteiger partial charge in [-0.15, -0.1) is 0 Å². The van der Waals surface area contributed by atoms with Crippen molar-refractivity contribution in [1.29, 1.82) is 0 Å². The summed E-state index contributed by atoms with van der Waals surface area (Å²) >= 11 is 6.36. The summed E-state index contributed by atoms with van der Waals surface area (Å²) in [5, 5.41) is 31.0. The third kappa shape index (κ3) is 3.04. The van der Waals surface area contributed by atoms with Gasteiger partial charge in [0.1, 0.15) is 11.9 Å². The van der Waals surface area contributed by atoms with Gasteiger partial charge in [-0.3, -0.25) is 0 Å². The molecule has 0 spiro atoms. The molecule has 2 heterocycles. The number of nitrogens with zero attached hydrogens (tertiary/aromatic N) is 3. The average molecular weight is 408 g/mol. The zero-order chi connectivity index (χ0) is 20.1. The lowest BCUT2D eigenvalue weighted by Gasteiger charge is -2.19. The molecule has 0 bridgehead atoms. The van der Waals surface area contributed by atoms with Crippen LogP contribution in [0.1, 0.15) is 6.42 Å². The first-order chi connectivity index (χ1) is 14.0. The first-order valence-electron chi connectivity index (χ1n) is 9.51. The van der Waals surface area contributed by atoms with Crippen molar-refractivity contribution in [3.8, 4) is 11.3 Å². The van der Waals surface area contributed by atoms with Crippen molar-refractivity contribution >= 4 is 33.8 Å². The van der Waals surface area contributed by atoms with E-state index in [9.17, 15) is 10.2 Å². The molecular formula is C22H20ClN4O2. The van der Waals surface area contributed by atoms with Gasteiger partial charge in [-0.1, -0.05) is 41.9 Å². The molecule has 0 unspecified atom stereocenters. The van der Waals surface area contributed by atoms with Gasteiger partial charge in [-0.05, 0) is 36.8 Å². The summed E-state index contributed by atoms with van der Waals surface area (Å²) in [6.07, 6.45) is 0.555. The quantitative estimate of drug-likeness (QED) is 0.483. The Balaban J connectivity index is 1.57. The summed E-state index contributed by atoms with van der Waals surface area (Å²) < 4.78 is 1.72. The number of aliphatic hydroxyl groups excluding tert-OH is 2. The first-order valence-corrected chi connectivity index (χ1v) is 9.89. The van der Waals surface area contributed by atoms with Crippen molar-refractivity contribution in [1.82, 2.24) is 14.6 Å². The van der Waals surface area contributed by atoms with Gasteiger partial charge in [0.05, 0.1) is 17.8 Å². The zero-order valence-electron chi connectivity index (χ0n) is 15.5. The lowest BCUT2D eigenvalue weighted by Crippen LogP contribution is -2.35. The van der Waals surface area contributed by atoms with Crippen LogP contribution in [-0.4, -0.2) is 43.1 Å². The number of benzene rings is 2. The Morgan fingerprint density at radius 3 is 2.62 bits per heavy atom. The van der Waals surface area contributed by atoms with Crippen molar-refractivity contribution in [3.63, 3.8) is 0 Å². The normalized spacial score (nSPS) is 24.4. The van der Waals surface area contributed by atoms with E-state index in [0.717, 1.165) is 22.0 Å². The second-order valence-corrected chi connectivity index (χ2v) is 7.91. The molecule has 6 nitrogen and oxygen atoms in total. The van der Waals surface area contributed by atoms with Crippen LogP contribution < -0.4 is 5.32 Å². The van der Waals surface area contributed by atoms with Crippen molar-refractivity contribution in [3.05, 3.63) is 66.7 Å². The number of fused-ring (bicyclic) bond motifs is 2. The van der Waals surface area contributed by atoms with Crippen LogP contribution in [0.3, 0.4) is 0 Å². The number of anilines is 1. The monoisotopic (exact) mass is 407 g/mol. The predicted molar refractivity (Wildman–Crippen MR) is 114 cm³/mol. The van der Waals surface area contributed by atoms with Crippen LogP contribution in [0.5, 0.6) is 0 Å². The highest BCUT2D eigenvalue weighted by molar-refractivity contribution is 6.36. The molecular weight excluding hydrogens is 388 g/mol. The van der Waals surface area contributed by atoms with Gasteiger partial charge in [0, 0.05) is 28.2 Å². The van der Waals surface area contributed by atoms with E-state index in [2.05, 4.69) is 17.2 Å². The first kappa shape index (κ1) is 18.4. The topological polar surface area (TPSA) is 82.7 Å². The average Bonchev–Trinajstić information content (AvgIpc) is 3.26. The van der Waals surface area contributed by atoms with Crippen LogP contribution in [0.25, 0.3) is 27.7 Å². The predicted octanol–water partition coefficient (Wildman–Crippen LogP) is 3.56. The molecule has 1 fully saturated rings. The summed E-state index contributed by atoms with van der Waals surface area (Å²) in [5.41, 5.74) is 2.43. The van der Waals surface area contributed by atoms with E-state index in [1.165, 1.54) is 0 Å². The molecule has 3 N–H and O–H groups in total. The van der Waals surface area contributed by atoms with Gasteiger partial charge in [-0.2, -0.15) is 9.61 Å². The minimum atomic E-state index is -0.879. The summed E-state index contributed by atoms with van der Waals surface area (Å²) in [6.45, 7) is 3.91. The summed E-state index contributed by atoms with van der Waals surface area (Å²) in [7, 11) is 0. The fourth-order valence-corrected chi connectivity index (χ4v) is 4.31. The lowest BCUT2D eigenvalue weighted by atomic mass is 10.0. The van der Waals surface area contributed by atoms with E-state index >= 15 is 0 Å². The van der Waals surface area contributed by atoms with E-state index in [0.29, 0.717) is 22.9 Å². The number of aliphatic hydroxyl groups is 2. The molecule has 2 aromatic carbocycles. The van der Waals surface area contributed by atoms with Crippen LogP contribution in [-0.2, 0) is 0 Å². The number of nitrogens with one attached hydrogen (secondary N) is 1. The van der Waals surface area contributed by atoms with E-state index in [1.807, 2.05) is 42.5 Å². The van der Waals surface area contributed by atoms with Gasteiger partial charge in [-0.25, -0.2) is 4.98 Å². The van der Waals surface area contributed by atoms with Gasteiger partial charge >= 0.3 is 0 Å². The lowest BCUT2D eigenvalue weighted by molar-refractivity contribution is 0.0256. The fraction of sp³-hybridized carbons (Fsp3) is 0.227. The highest BCUT2D eigenvalue weighted by Crippen LogP contribution is 2.33. The Morgan fingerprint density at radius 1 is 1.07 bits per heavy atom. The molecule has 1 aliphatic carbocycles. The summed E-state index contributed by atoms with van der Waals surface area (Å²) in [5.74, 6) is 0.485. The van der Waals surface area contributed by atoms with Gasteiger partial charge < -0.3 is 15.5 Å². The largest absolute Gasteiger partial charge is 0.390 e. The number of aromatic nitrogens is 3. The minimum absolute atomic E-state index is 0.214. The molecule has 2 aromatic heterocycles. The van der Waals surface area contributed by atoms with E-state index in [4.69, 9.17) is 16.7 Å². The van der Waals surface area contributed by atoms with Gasteiger partial charge in [0.2, 0.25) is 0 Å². The molecule has 7 heteroatoms. The molecule has 29 heavy (non-hydrogen) atoms. The van der Waals surface area contributed by atoms with Gasteiger partial charge in [0.25, 0.3) is 0 Å². The zero-order valence-corrected chi connectivity index (χ0v) is 16.3. The molecule has 1 saturated carbocycles. The molecule has 0 saturated heterocycles. The maximum absolute atomic E-state index is 10.3. The summed E-state index contributed by atoms with van der Waals surface area (Å²) in [4.78, 5) is 4.42. The Hall–Kier alpha value is -2.67. The van der Waals surface area contributed by atoms with E-state index in [1.54, 1.807) is 16.8 Å². The molecule has 4 atom stereocenters. The molecule has 5 rings (SSSR count). The Bertz CT molecular complexity index is 1210. The smallest absolute Gasteiger partial charge is 0.157 e. The second-order valence-electron chi connectivity index (χ2n) is 7.50. The highest BCUT2D eigenvalue weighted by Gasteiger charge is 2.39. The fourth-order valence-electron chi connectivity index (χ4n) is 4.08. The maximum Gasteiger partial charge on any atom is 0.157 e.